The number of hydrogen-bond donors (Lipinski definition) is 2. The standard InChI is InChI=1S/C21H27N3O3/c1-16(2)27-18-9-7-17(8-10-18)23-21(25)15-22-19-5-3-4-6-20(19)24-11-13-26-14-12-24/h3-10,16,22H,11-15H2,1-2H3,(H,23,25). The molecule has 1 saturated heterocycles. The highest BCUT2D eigenvalue weighted by atomic mass is 16.5. The van der Waals surface area contributed by atoms with Crippen LogP contribution in [-0.4, -0.2) is 44.9 Å². The largest absolute Gasteiger partial charge is 0.491 e. The summed E-state index contributed by atoms with van der Waals surface area (Å²) >= 11 is 0. The SMILES string of the molecule is CC(C)Oc1ccc(NC(=O)CNc2ccccc2N2CCOCC2)cc1. The van der Waals surface area contributed by atoms with Crippen molar-refractivity contribution in [1.82, 2.24) is 0 Å². The van der Waals surface area contributed by atoms with Gasteiger partial charge < -0.3 is 25.0 Å². The molecule has 0 unspecified atom stereocenters. The summed E-state index contributed by atoms with van der Waals surface area (Å²) in [6.07, 6.45) is 0.126. The number of carbonyl (C=O) groups is 1. The Labute approximate surface area is 160 Å². The van der Waals surface area contributed by atoms with Crippen LogP contribution in [0.3, 0.4) is 0 Å². The number of ether oxygens (including phenoxy) is 2. The molecule has 6 nitrogen and oxygen atoms in total. The van der Waals surface area contributed by atoms with E-state index in [9.17, 15) is 4.79 Å². The Hall–Kier alpha value is -2.73. The highest BCUT2D eigenvalue weighted by Crippen LogP contribution is 2.26. The van der Waals surface area contributed by atoms with Gasteiger partial charge in [0.2, 0.25) is 5.91 Å². The molecule has 0 spiro atoms. The van der Waals surface area contributed by atoms with Crippen molar-refractivity contribution in [1.29, 1.82) is 0 Å². The number of carbonyl (C=O) groups excluding carboxylic acids is 1. The molecule has 1 aliphatic heterocycles. The molecule has 3 rings (SSSR count). The second kappa shape index (κ2) is 9.28. The molecule has 1 amide bonds. The number of morpholine rings is 1. The molecule has 0 aromatic heterocycles. The second-order valence-corrected chi connectivity index (χ2v) is 6.71. The van der Waals surface area contributed by atoms with Gasteiger partial charge in [-0.05, 0) is 50.2 Å². The van der Waals surface area contributed by atoms with Gasteiger partial charge in [0, 0.05) is 18.8 Å². The van der Waals surface area contributed by atoms with Gasteiger partial charge in [-0.1, -0.05) is 12.1 Å². The topological polar surface area (TPSA) is 62.8 Å². The fourth-order valence-electron chi connectivity index (χ4n) is 2.97. The van der Waals surface area contributed by atoms with E-state index in [1.54, 1.807) is 0 Å². The van der Waals surface area contributed by atoms with Crippen molar-refractivity contribution >= 4 is 23.0 Å². The number of amides is 1. The summed E-state index contributed by atoms with van der Waals surface area (Å²) in [5, 5.41) is 6.15. The molecule has 1 aliphatic rings. The first-order valence-electron chi connectivity index (χ1n) is 9.34. The molecular weight excluding hydrogens is 342 g/mol. The van der Waals surface area contributed by atoms with Gasteiger partial charge in [0.15, 0.2) is 0 Å². The van der Waals surface area contributed by atoms with Crippen molar-refractivity contribution in [2.75, 3.05) is 48.4 Å². The number of nitrogens with zero attached hydrogens (tertiary/aromatic N) is 1. The predicted molar refractivity (Wildman–Crippen MR) is 109 cm³/mol. The lowest BCUT2D eigenvalue weighted by molar-refractivity contribution is -0.114. The van der Waals surface area contributed by atoms with Gasteiger partial charge in [-0.2, -0.15) is 0 Å². The van der Waals surface area contributed by atoms with E-state index in [4.69, 9.17) is 9.47 Å². The van der Waals surface area contributed by atoms with Crippen LogP contribution in [0.1, 0.15) is 13.8 Å². The minimum absolute atomic E-state index is 0.0932. The molecule has 0 bridgehead atoms. The fraction of sp³-hybridized carbons (Fsp3) is 0.381. The van der Waals surface area contributed by atoms with Crippen LogP contribution in [0, 0.1) is 0 Å². The molecule has 0 atom stereocenters. The van der Waals surface area contributed by atoms with Gasteiger partial charge in [-0.25, -0.2) is 0 Å². The van der Waals surface area contributed by atoms with Gasteiger partial charge in [-0.15, -0.1) is 0 Å². The molecule has 2 aromatic rings. The zero-order chi connectivity index (χ0) is 19.1. The molecule has 0 aliphatic carbocycles. The number of para-hydroxylation sites is 2. The van der Waals surface area contributed by atoms with E-state index in [1.807, 2.05) is 56.3 Å². The number of hydrogen-bond acceptors (Lipinski definition) is 5. The molecule has 2 aromatic carbocycles. The monoisotopic (exact) mass is 369 g/mol. The number of rotatable bonds is 7. The lowest BCUT2D eigenvalue weighted by atomic mass is 10.2. The summed E-state index contributed by atoms with van der Waals surface area (Å²) in [6.45, 7) is 7.33. The number of benzene rings is 2. The van der Waals surface area contributed by atoms with E-state index in [-0.39, 0.29) is 18.6 Å². The van der Waals surface area contributed by atoms with E-state index in [0.29, 0.717) is 0 Å². The molecular formula is C21H27N3O3. The van der Waals surface area contributed by atoms with Crippen LogP contribution < -0.4 is 20.3 Å². The van der Waals surface area contributed by atoms with Crippen molar-refractivity contribution in [3.8, 4) is 5.75 Å². The van der Waals surface area contributed by atoms with Gasteiger partial charge in [0.25, 0.3) is 0 Å². The van der Waals surface area contributed by atoms with E-state index < -0.39 is 0 Å². The highest BCUT2D eigenvalue weighted by Gasteiger charge is 2.14. The molecule has 2 N–H and O–H groups in total. The zero-order valence-corrected chi connectivity index (χ0v) is 15.9. The molecule has 0 radical (unpaired) electrons. The third-order valence-electron chi connectivity index (χ3n) is 4.21. The van der Waals surface area contributed by atoms with Gasteiger partial charge in [0.05, 0.1) is 37.2 Å². The first-order chi connectivity index (χ1) is 13.1. The average molecular weight is 369 g/mol. The van der Waals surface area contributed by atoms with Gasteiger partial charge >= 0.3 is 0 Å². The first kappa shape index (κ1) is 19.0. The van der Waals surface area contributed by atoms with Crippen molar-refractivity contribution in [2.24, 2.45) is 0 Å². The van der Waals surface area contributed by atoms with Crippen molar-refractivity contribution in [3.63, 3.8) is 0 Å². The van der Waals surface area contributed by atoms with Gasteiger partial charge in [-0.3, -0.25) is 4.79 Å². The summed E-state index contributed by atoms with van der Waals surface area (Å²) in [5.74, 6) is 0.699. The Bertz CT molecular complexity index is 741. The van der Waals surface area contributed by atoms with Crippen LogP contribution in [0.4, 0.5) is 17.1 Å². The molecule has 1 fully saturated rings. The van der Waals surface area contributed by atoms with Gasteiger partial charge in [0.1, 0.15) is 5.75 Å². The van der Waals surface area contributed by atoms with E-state index >= 15 is 0 Å². The second-order valence-electron chi connectivity index (χ2n) is 6.71. The van der Waals surface area contributed by atoms with Crippen molar-refractivity contribution in [3.05, 3.63) is 48.5 Å². The smallest absolute Gasteiger partial charge is 0.243 e. The number of anilines is 3. The normalized spacial score (nSPS) is 14.1. The van der Waals surface area contributed by atoms with Crippen molar-refractivity contribution < 1.29 is 14.3 Å². The Kier molecular flexibility index (Phi) is 6.54. The lowest BCUT2D eigenvalue weighted by Crippen LogP contribution is -2.36. The maximum Gasteiger partial charge on any atom is 0.243 e. The Morgan fingerprint density at radius 2 is 1.81 bits per heavy atom. The maximum atomic E-state index is 12.3. The average Bonchev–Trinajstić information content (AvgIpc) is 2.68. The molecule has 144 valence electrons. The summed E-state index contributed by atoms with van der Waals surface area (Å²) in [4.78, 5) is 14.6. The minimum atomic E-state index is -0.0932. The molecule has 0 saturated carbocycles. The van der Waals surface area contributed by atoms with Crippen LogP contribution in [-0.2, 0) is 9.53 Å². The highest BCUT2D eigenvalue weighted by molar-refractivity contribution is 5.94. The zero-order valence-electron chi connectivity index (χ0n) is 15.9. The van der Waals surface area contributed by atoms with Crippen LogP contribution in [0.2, 0.25) is 0 Å². The Morgan fingerprint density at radius 1 is 1.11 bits per heavy atom. The fourth-order valence-corrected chi connectivity index (χ4v) is 2.97. The number of nitrogens with one attached hydrogen (secondary N) is 2. The van der Waals surface area contributed by atoms with E-state index in [0.717, 1.165) is 49.1 Å². The van der Waals surface area contributed by atoms with Crippen LogP contribution in [0.25, 0.3) is 0 Å². The minimum Gasteiger partial charge on any atom is -0.491 e. The Morgan fingerprint density at radius 3 is 2.52 bits per heavy atom. The van der Waals surface area contributed by atoms with Crippen molar-refractivity contribution in [2.45, 2.75) is 20.0 Å². The molecule has 6 heteroatoms. The summed E-state index contributed by atoms with van der Waals surface area (Å²) in [7, 11) is 0. The predicted octanol–water partition coefficient (Wildman–Crippen LogP) is 3.36. The summed E-state index contributed by atoms with van der Waals surface area (Å²) < 4.78 is 11.0. The van der Waals surface area contributed by atoms with Crippen LogP contribution >= 0.6 is 0 Å². The van der Waals surface area contributed by atoms with Crippen LogP contribution in [0.15, 0.2) is 48.5 Å². The first-order valence-corrected chi connectivity index (χ1v) is 9.34. The summed E-state index contributed by atoms with van der Waals surface area (Å²) in [5.41, 5.74) is 2.80. The van der Waals surface area contributed by atoms with E-state index in [1.165, 1.54) is 0 Å². The Balaban J connectivity index is 1.55. The molecule has 27 heavy (non-hydrogen) atoms. The lowest BCUT2D eigenvalue weighted by Gasteiger charge is -2.30. The molecule has 1 heterocycles. The quantitative estimate of drug-likeness (QED) is 0.784. The third kappa shape index (κ3) is 5.62. The summed E-state index contributed by atoms with van der Waals surface area (Å²) in [6, 6.07) is 15.5. The third-order valence-corrected chi connectivity index (χ3v) is 4.21. The van der Waals surface area contributed by atoms with E-state index in [2.05, 4.69) is 21.6 Å². The maximum absolute atomic E-state index is 12.3. The van der Waals surface area contributed by atoms with Crippen LogP contribution in [0.5, 0.6) is 5.75 Å².